The lowest BCUT2D eigenvalue weighted by atomic mass is 9.98. The Bertz CT molecular complexity index is 821. The average Bonchev–Trinajstić information content (AvgIpc) is 3.28. The molecule has 1 aromatic rings. The fraction of sp³-hybridized carbons (Fsp3) is 0.545. The first kappa shape index (κ1) is 20.8. The lowest BCUT2D eigenvalue weighted by Gasteiger charge is -2.29. The molecule has 154 valence electrons. The average molecular weight is 396 g/mol. The third kappa shape index (κ3) is 4.12. The number of imide groups is 1. The molecule has 1 spiro atoms. The van der Waals surface area contributed by atoms with Crippen molar-refractivity contribution in [3.63, 3.8) is 0 Å². The lowest BCUT2D eigenvalue weighted by Crippen LogP contribution is -2.44. The number of hydrogen-bond acceptors (Lipinski definition) is 4. The monoisotopic (exact) mass is 396 g/mol. The van der Waals surface area contributed by atoms with Crippen molar-refractivity contribution >= 4 is 17.8 Å². The number of hydrogen-bond donors (Lipinski definition) is 1. The highest BCUT2D eigenvalue weighted by molar-refractivity contribution is 6.07. The summed E-state index contributed by atoms with van der Waals surface area (Å²) in [5, 5.41) is 11.8. The normalized spacial score (nSPS) is 18.6. The number of benzene rings is 1. The summed E-state index contributed by atoms with van der Waals surface area (Å²) in [6.07, 6.45) is 4.05. The van der Waals surface area contributed by atoms with E-state index in [2.05, 4.69) is 11.4 Å². The Labute approximate surface area is 171 Å². The molecule has 1 unspecified atom stereocenters. The van der Waals surface area contributed by atoms with E-state index in [1.165, 1.54) is 4.90 Å². The fourth-order valence-corrected chi connectivity index (χ4v) is 4.41. The molecule has 1 aliphatic heterocycles. The fourth-order valence-electron chi connectivity index (χ4n) is 4.41. The highest BCUT2D eigenvalue weighted by atomic mass is 16.2. The molecule has 1 N–H and O–H groups in total. The zero-order valence-corrected chi connectivity index (χ0v) is 17.1. The van der Waals surface area contributed by atoms with Crippen LogP contribution in [0.1, 0.15) is 69.5 Å². The van der Waals surface area contributed by atoms with Gasteiger partial charge in [0.25, 0.3) is 5.91 Å². The Hall–Kier alpha value is -2.88. The standard InChI is InChI=1S/C22H28N4O3/c1-3-25(16(2)18-10-8-17(15-23)9-11-18)19(27)7-6-14-26-20(28)22(24-21(26)29)12-4-5-13-22/h8-11,16H,3-7,12-14H2,1-2H3,(H,24,29). The van der Waals surface area contributed by atoms with Gasteiger partial charge < -0.3 is 10.2 Å². The van der Waals surface area contributed by atoms with Crippen LogP contribution in [-0.2, 0) is 9.59 Å². The molecule has 3 rings (SSSR count). The van der Waals surface area contributed by atoms with Crippen LogP contribution in [0.3, 0.4) is 0 Å². The van der Waals surface area contributed by atoms with Crippen LogP contribution in [0, 0.1) is 11.3 Å². The van der Waals surface area contributed by atoms with Crippen LogP contribution in [0.5, 0.6) is 0 Å². The molecule has 7 heteroatoms. The van der Waals surface area contributed by atoms with Crippen LogP contribution >= 0.6 is 0 Å². The maximum absolute atomic E-state index is 12.8. The van der Waals surface area contributed by atoms with Gasteiger partial charge in [-0.15, -0.1) is 0 Å². The third-order valence-corrected chi connectivity index (χ3v) is 6.13. The van der Waals surface area contributed by atoms with E-state index in [1.54, 1.807) is 17.0 Å². The maximum Gasteiger partial charge on any atom is 0.325 e. The van der Waals surface area contributed by atoms with Crippen molar-refractivity contribution in [2.75, 3.05) is 13.1 Å². The van der Waals surface area contributed by atoms with Crippen LogP contribution in [0.25, 0.3) is 0 Å². The minimum Gasteiger partial charge on any atom is -0.336 e. The van der Waals surface area contributed by atoms with E-state index in [0.717, 1.165) is 18.4 Å². The molecule has 0 bridgehead atoms. The van der Waals surface area contributed by atoms with Gasteiger partial charge in [0.2, 0.25) is 5.91 Å². The van der Waals surface area contributed by atoms with Crippen LogP contribution in [0.4, 0.5) is 4.79 Å². The first-order chi connectivity index (χ1) is 13.9. The number of carbonyl (C=O) groups excluding carboxylic acids is 3. The number of carbonyl (C=O) groups is 3. The lowest BCUT2D eigenvalue weighted by molar-refractivity contribution is -0.134. The number of nitrogens with zero attached hydrogens (tertiary/aromatic N) is 3. The van der Waals surface area contributed by atoms with Crippen molar-refractivity contribution in [3.05, 3.63) is 35.4 Å². The van der Waals surface area contributed by atoms with Gasteiger partial charge in [-0.2, -0.15) is 5.26 Å². The first-order valence-corrected chi connectivity index (χ1v) is 10.4. The zero-order chi connectivity index (χ0) is 21.0. The van der Waals surface area contributed by atoms with Crippen molar-refractivity contribution in [2.45, 2.75) is 64.0 Å². The SMILES string of the molecule is CCN(C(=O)CCCN1C(=O)NC2(CCCC2)C1=O)C(C)c1ccc(C#N)cc1. The first-order valence-electron chi connectivity index (χ1n) is 10.4. The van der Waals surface area contributed by atoms with E-state index in [9.17, 15) is 14.4 Å². The topological polar surface area (TPSA) is 93.5 Å². The predicted octanol–water partition coefficient (Wildman–Crippen LogP) is 3.11. The van der Waals surface area contributed by atoms with Crippen molar-refractivity contribution < 1.29 is 14.4 Å². The zero-order valence-electron chi connectivity index (χ0n) is 17.1. The number of rotatable bonds is 7. The second kappa shape index (κ2) is 8.64. The van der Waals surface area contributed by atoms with E-state index < -0.39 is 5.54 Å². The summed E-state index contributed by atoms with van der Waals surface area (Å²) in [6, 6.07) is 8.89. The van der Waals surface area contributed by atoms with E-state index in [4.69, 9.17) is 5.26 Å². The Balaban J connectivity index is 1.55. The molecule has 0 radical (unpaired) electrons. The van der Waals surface area contributed by atoms with Gasteiger partial charge >= 0.3 is 6.03 Å². The van der Waals surface area contributed by atoms with Crippen LogP contribution in [0.15, 0.2) is 24.3 Å². The smallest absolute Gasteiger partial charge is 0.325 e. The van der Waals surface area contributed by atoms with Crippen LogP contribution in [-0.4, -0.2) is 46.3 Å². The second-order valence-electron chi connectivity index (χ2n) is 7.87. The molecule has 2 aliphatic rings. The molecular formula is C22H28N4O3. The van der Waals surface area contributed by atoms with E-state index in [0.29, 0.717) is 31.4 Å². The van der Waals surface area contributed by atoms with Gasteiger partial charge in [-0.3, -0.25) is 14.5 Å². The quantitative estimate of drug-likeness (QED) is 0.717. The summed E-state index contributed by atoms with van der Waals surface area (Å²) in [6.45, 7) is 4.72. The molecule has 1 saturated carbocycles. The molecule has 4 amide bonds. The van der Waals surface area contributed by atoms with Gasteiger partial charge in [0.05, 0.1) is 17.7 Å². The molecule has 29 heavy (non-hydrogen) atoms. The van der Waals surface area contributed by atoms with Gasteiger partial charge in [0.15, 0.2) is 0 Å². The largest absolute Gasteiger partial charge is 0.336 e. The Morgan fingerprint density at radius 1 is 1.28 bits per heavy atom. The van der Waals surface area contributed by atoms with Crippen molar-refractivity contribution in [3.8, 4) is 6.07 Å². The molecule has 1 atom stereocenters. The minimum absolute atomic E-state index is 0.00741. The summed E-state index contributed by atoms with van der Waals surface area (Å²) in [7, 11) is 0. The van der Waals surface area contributed by atoms with Crippen LogP contribution in [0.2, 0.25) is 0 Å². The summed E-state index contributed by atoms with van der Waals surface area (Å²) in [5.41, 5.74) is 0.862. The summed E-state index contributed by atoms with van der Waals surface area (Å²) in [5.74, 6) is -0.141. The molecule has 1 saturated heterocycles. The highest BCUT2D eigenvalue weighted by Gasteiger charge is 2.52. The van der Waals surface area contributed by atoms with E-state index >= 15 is 0 Å². The Kier molecular flexibility index (Phi) is 6.21. The van der Waals surface area contributed by atoms with Gasteiger partial charge in [-0.1, -0.05) is 25.0 Å². The third-order valence-electron chi connectivity index (χ3n) is 6.13. The molecule has 1 aliphatic carbocycles. The number of urea groups is 1. The maximum atomic E-state index is 12.8. The summed E-state index contributed by atoms with van der Waals surface area (Å²) < 4.78 is 0. The molecular weight excluding hydrogens is 368 g/mol. The minimum atomic E-state index is -0.694. The number of amides is 4. The Morgan fingerprint density at radius 2 is 1.93 bits per heavy atom. The highest BCUT2D eigenvalue weighted by Crippen LogP contribution is 2.35. The van der Waals surface area contributed by atoms with Crippen LogP contribution < -0.4 is 5.32 Å². The molecule has 0 aromatic heterocycles. The van der Waals surface area contributed by atoms with E-state index in [1.807, 2.05) is 26.0 Å². The molecule has 7 nitrogen and oxygen atoms in total. The van der Waals surface area contributed by atoms with Crippen molar-refractivity contribution in [1.29, 1.82) is 5.26 Å². The second-order valence-corrected chi connectivity index (χ2v) is 7.87. The number of nitrogens with one attached hydrogen (secondary N) is 1. The molecule has 1 aromatic carbocycles. The summed E-state index contributed by atoms with van der Waals surface area (Å²) in [4.78, 5) is 40.7. The Morgan fingerprint density at radius 3 is 2.52 bits per heavy atom. The van der Waals surface area contributed by atoms with Gasteiger partial charge in [0, 0.05) is 19.5 Å². The van der Waals surface area contributed by atoms with Crippen molar-refractivity contribution in [1.82, 2.24) is 15.1 Å². The van der Waals surface area contributed by atoms with Gasteiger partial charge in [0.1, 0.15) is 5.54 Å². The van der Waals surface area contributed by atoms with E-state index in [-0.39, 0.29) is 36.9 Å². The number of nitriles is 1. The predicted molar refractivity (Wildman–Crippen MR) is 108 cm³/mol. The summed E-state index contributed by atoms with van der Waals surface area (Å²) >= 11 is 0. The molecule has 1 heterocycles. The molecule has 2 fully saturated rings. The van der Waals surface area contributed by atoms with Gasteiger partial charge in [-0.05, 0) is 50.8 Å². The van der Waals surface area contributed by atoms with Crippen molar-refractivity contribution in [2.24, 2.45) is 0 Å². The van der Waals surface area contributed by atoms with Gasteiger partial charge in [-0.25, -0.2) is 4.79 Å².